The largest absolute Gasteiger partial charge is 0.487 e. The first-order valence-electron chi connectivity index (χ1n) is 17.1. The Morgan fingerprint density at radius 2 is 1.58 bits per heavy atom. The summed E-state index contributed by atoms with van der Waals surface area (Å²) in [5.41, 5.74) is 9.25. The van der Waals surface area contributed by atoms with Crippen LogP contribution >= 0.6 is 0 Å². The van der Waals surface area contributed by atoms with Crippen molar-refractivity contribution < 1.29 is 27.9 Å². The van der Waals surface area contributed by atoms with Crippen LogP contribution in [0.2, 0.25) is 0 Å². The molecule has 2 heterocycles. The van der Waals surface area contributed by atoms with Crippen molar-refractivity contribution in [3.05, 3.63) is 128 Å². The van der Waals surface area contributed by atoms with E-state index in [1.54, 1.807) is 26.1 Å². The Kier molecular flexibility index (Phi) is 11.2. The SMILES string of the molecule is Cc1c(C)c(S(=O)(=O)NC(N)=NCCC[C@H](NC(=O)c2cccn(C(c3ccccc3)c3ccccc3)c2=O)C(=O)O)c(C)c2c1OC(C)(C)CC2. The van der Waals surface area contributed by atoms with E-state index in [1.807, 2.05) is 81.4 Å². The number of aliphatic carboxylic acids is 1. The molecule has 0 radical (unpaired) electrons. The van der Waals surface area contributed by atoms with Gasteiger partial charge in [-0.15, -0.1) is 0 Å². The summed E-state index contributed by atoms with van der Waals surface area (Å²) in [5.74, 6) is -1.76. The number of amides is 1. The molecule has 1 aliphatic rings. The van der Waals surface area contributed by atoms with Crippen LogP contribution in [0.15, 0.2) is 93.7 Å². The van der Waals surface area contributed by atoms with Crippen LogP contribution in [0.25, 0.3) is 0 Å². The second-order valence-corrected chi connectivity index (χ2v) is 15.2. The predicted molar refractivity (Wildman–Crippen MR) is 199 cm³/mol. The molecule has 0 saturated carbocycles. The Labute approximate surface area is 303 Å². The van der Waals surface area contributed by atoms with Gasteiger partial charge in [0.2, 0.25) is 5.96 Å². The number of pyridine rings is 1. The molecular weight excluding hydrogens is 683 g/mol. The molecule has 1 atom stereocenters. The zero-order valence-electron chi connectivity index (χ0n) is 30.0. The van der Waals surface area contributed by atoms with Crippen LogP contribution in [-0.4, -0.2) is 54.1 Å². The number of ether oxygens (including phenoxy) is 1. The summed E-state index contributed by atoms with van der Waals surface area (Å²) in [7, 11) is -4.11. The van der Waals surface area contributed by atoms with Gasteiger partial charge in [0.25, 0.3) is 21.5 Å². The van der Waals surface area contributed by atoms with Gasteiger partial charge in [-0.05, 0) is 106 Å². The third-order valence-electron chi connectivity index (χ3n) is 9.44. The topological polar surface area (TPSA) is 182 Å². The first kappa shape index (κ1) is 37.8. The molecule has 13 heteroatoms. The lowest BCUT2D eigenvalue weighted by molar-refractivity contribution is -0.139. The number of carboxylic acids is 1. The van der Waals surface area contributed by atoms with Crippen molar-refractivity contribution in [2.75, 3.05) is 6.54 Å². The number of carbonyl (C=O) groups is 2. The summed E-state index contributed by atoms with van der Waals surface area (Å²) in [6.45, 7) is 9.31. The van der Waals surface area contributed by atoms with E-state index in [2.05, 4.69) is 15.0 Å². The number of aliphatic imine (C=N–C) groups is 1. The Morgan fingerprint density at radius 1 is 0.962 bits per heavy atom. The molecule has 3 aromatic carbocycles. The van der Waals surface area contributed by atoms with E-state index in [1.165, 1.54) is 10.6 Å². The van der Waals surface area contributed by atoms with Crippen LogP contribution in [0, 0.1) is 20.8 Å². The van der Waals surface area contributed by atoms with Gasteiger partial charge in [0.15, 0.2) is 0 Å². The number of benzene rings is 3. The van der Waals surface area contributed by atoms with E-state index in [0.717, 1.165) is 28.7 Å². The van der Waals surface area contributed by atoms with Gasteiger partial charge < -0.3 is 25.5 Å². The van der Waals surface area contributed by atoms with Crippen LogP contribution < -0.4 is 26.1 Å². The number of nitrogens with one attached hydrogen (secondary N) is 2. The Bertz CT molecular complexity index is 2130. The number of aromatic nitrogens is 1. The molecule has 0 spiro atoms. The molecular formula is C39H45N5O7S. The third-order valence-corrected chi connectivity index (χ3v) is 11.1. The van der Waals surface area contributed by atoms with Gasteiger partial charge in [-0.3, -0.25) is 14.6 Å². The van der Waals surface area contributed by atoms with Crippen molar-refractivity contribution in [2.24, 2.45) is 10.7 Å². The van der Waals surface area contributed by atoms with Crippen molar-refractivity contribution in [1.82, 2.24) is 14.6 Å². The molecule has 0 saturated heterocycles. The highest BCUT2D eigenvalue weighted by Crippen LogP contribution is 2.42. The first-order valence-corrected chi connectivity index (χ1v) is 18.6. The number of rotatable bonds is 12. The van der Waals surface area contributed by atoms with Gasteiger partial charge in [-0.25, -0.2) is 17.9 Å². The van der Waals surface area contributed by atoms with E-state index in [9.17, 15) is 27.9 Å². The van der Waals surface area contributed by atoms with Crippen LogP contribution in [0.4, 0.5) is 0 Å². The lowest BCUT2D eigenvalue weighted by Gasteiger charge is -2.35. The average Bonchev–Trinajstić information content (AvgIpc) is 3.09. The minimum Gasteiger partial charge on any atom is -0.487 e. The first-order chi connectivity index (χ1) is 24.6. The van der Waals surface area contributed by atoms with Crippen LogP contribution in [0.1, 0.15) is 82.9 Å². The van der Waals surface area contributed by atoms with Crippen molar-refractivity contribution in [2.45, 2.75) is 82.9 Å². The molecule has 12 nitrogen and oxygen atoms in total. The molecule has 4 aromatic rings. The lowest BCUT2D eigenvalue weighted by atomic mass is 9.88. The van der Waals surface area contributed by atoms with E-state index in [0.29, 0.717) is 23.3 Å². The number of nitrogens with two attached hydrogens (primary N) is 1. The zero-order valence-corrected chi connectivity index (χ0v) is 30.8. The molecule has 5 N–H and O–H groups in total. The summed E-state index contributed by atoms with van der Waals surface area (Å²) in [6, 6.07) is 19.9. The number of carboxylic acid groups (broad SMARTS) is 1. The van der Waals surface area contributed by atoms with Gasteiger partial charge in [0, 0.05) is 12.7 Å². The fraction of sp³-hybridized carbons (Fsp3) is 0.333. The van der Waals surface area contributed by atoms with E-state index >= 15 is 0 Å². The fourth-order valence-corrected chi connectivity index (χ4v) is 8.16. The molecule has 274 valence electrons. The summed E-state index contributed by atoms with van der Waals surface area (Å²) < 4.78 is 37.1. The maximum atomic E-state index is 13.7. The van der Waals surface area contributed by atoms with Gasteiger partial charge in [-0.2, -0.15) is 0 Å². The number of hydrogen-bond acceptors (Lipinski definition) is 7. The van der Waals surface area contributed by atoms with Gasteiger partial charge >= 0.3 is 5.97 Å². The van der Waals surface area contributed by atoms with E-state index in [-0.39, 0.29) is 41.4 Å². The number of guanidine groups is 1. The molecule has 1 aliphatic heterocycles. The normalized spacial score (nSPS) is 14.6. The van der Waals surface area contributed by atoms with Crippen molar-refractivity contribution >= 4 is 27.9 Å². The number of fused-ring (bicyclic) bond motifs is 1. The summed E-state index contributed by atoms with van der Waals surface area (Å²) in [6.07, 6.45) is 3.10. The second kappa shape index (κ2) is 15.4. The van der Waals surface area contributed by atoms with Gasteiger partial charge in [0.05, 0.1) is 10.9 Å². The van der Waals surface area contributed by atoms with Crippen molar-refractivity contribution in [3.63, 3.8) is 0 Å². The fourth-order valence-electron chi connectivity index (χ4n) is 6.63. The zero-order chi connectivity index (χ0) is 37.8. The van der Waals surface area contributed by atoms with Crippen LogP contribution in [0.5, 0.6) is 5.75 Å². The second-order valence-electron chi connectivity index (χ2n) is 13.6. The summed E-state index contributed by atoms with van der Waals surface area (Å²) >= 11 is 0. The molecule has 52 heavy (non-hydrogen) atoms. The predicted octanol–water partition coefficient (Wildman–Crippen LogP) is 4.77. The average molecular weight is 728 g/mol. The highest BCUT2D eigenvalue weighted by molar-refractivity contribution is 7.90. The molecule has 1 aromatic heterocycles. The highest BCUT2D eigenvalue weighted by Gasteiger charge is 2.34. The van der Waals surface area contributed by atoms with Crippen LogP contribution in [-0.2, 0) is 21.2 Å². The molecule has 5 rings (SSSR count). The number of sulfonamides is 1. The lowest BCUT2D eigenvalue weighted by Crippen LogP contribution is -2.43. The monoisotopic (exact) mass is 727 g/mol. The third kappa shape index (κ3) is 8.20. The van der Waals surface area contributed by atoms with Gasteiger partial charge in [-0.1, -0.05) is 60.7 Å². The number of carbonyl (C=O) groups excluding carboxylic acids is 1. The molecule has 1 amide bonds. The Hall–Kier alpha value is -5.43. The minimum absolute atomic E-state index is 0.0217. The quantitative estimate of drug-likeness (QED) is 0.0915. The van der Waals surface area contributed by atoms with Crippen LogP contribution in [0.3, 0.4) is 0 Å². The standard InChI is InChI=1S/C39H45N5O7S/c1-24-25(2)34(26(3)29-20-21-39(4,5)51-33(24)29)52(49,50)43-38(40)41-22-12-19-31(37(47)48)42-35(45)30-18-13-23-44(36(30)46)32(27-14-8-6-9-15-27)28-16-10-7-11-17-28/h6-11,13-18,23,31-32H,12,19-22H2,1-5H3,(H,42,45)(H,47,48)(H3,40,41,43)/t31-/m0/s1. The van der Waals surface area contributed by atoms with Crippen molar-refractivity contribution in [1.29, 1.82) is 0 Å². The number of nitrogens with zero attached hydrogens (tertiary/aromatic N) is 2. The maximum Gasteiger partial charge on any atom is 0.326 e. The van der Waals surface area contributed by atoms with E-state index < -0.39 is 39.5 Å². The molecule has 0 bridgehead atoms. The number of hydrogen-bond donors (Lipinski definition) is 4. The van der Waals surface area contributed by atoms with E-state index in [4.69, 9.17) is 10.5 Å². The maximum absolute atomic E-state index is 13.7. The molecule has 0 fully saturated rings. The molecule has 0 aliphatic carbocycles. The Morgan fingerprint density at radius 3 is 2.17 bits per heavy atom. The smallest absolute Gasteiger partial charge is 0.326 e. The molecule has 0 unspecified atom stereocenters. The summed E-state index contributed by atoms with van der Waals surface area (Å²) in [5, 5.41) is 12.4. The summed E-state index contributed by atoms with van der Waals surface area (Å²) in [4.78, 5) is 43.4. The van der Waals surface area contributed by atoms with Crippen molar-refractivity contribution in [3.8, 4) is 5.75 Å². The van der Waals surface area contributed by atoms with Gasteiger partial charge in [0.1, 0.15) is 23.0 Å². The minimum atomic E-state index is -4.11. The highest BCUT2D eigenvalue weighted by atomic mass is 32.2. The Balaban J connectivity index is 1.26.